The zero-order valence-electron chi connectivity index (χ0n) is 22.4. The van der Waals surface area contributed by atoms with Crippen molar-refractivity contribution in [2.24, 2.45) is 0 Å². The predicted octanol–water partition coefficient (Wildman–Crippen LogP) is 9.62. The molecule has 37 heavy (non-hydrogen) atoms. The van der Waals surface area contributed by atoms with Crippen LogP contribution in [0.2, 0.25) is 0 Å². The summed E-state index contributed by atoms with van der Waals surface area (Å²) in [7, 11) is 0. The Hall–Kier alpha value is -3.04. The Morgan fingerprint density at radius 1 is 0.811 bits per heavy atom. The molecule has 0 aliphatic carbocycles. The minimum Gasteiger partial charge on any atom is -0.333 e. The van der Waals surface area contributed by atoms with Crippen molar-refractivity contribution in [3.63, 3.8) is 0 Å². The fourth-order valence-corrected chi connectivity index (χ4v) is 5.88. The van der Waals surface area contributed by atoms with Crippen molar-refractivity contribution >= 4 is 32.5 Å². The molecule has 187 valence electrons. The van der Waals surface area contributed by atoms with Crippen LogP contribution in [0.1, 0.15) is 52.0 Å². The van der Waals surface area contributed by atoms with Gasteiger partial charge in [-0.1, -0.05) is 104 Å². The number of thiophene rings is 1. The first-order valence-corrected chi connectivity index (χ1v) is 13.4. The van der Waals surface area contributed by atoms with E-state index in [4.69, 9.17) is 6.35 Å². The monoisotopic (exact) mass is 679 g/mol. The number of rotatable bonds is 5. The third-order valence-electron chi connectivity index (χ3n) is 6.88. The van der Waals surface area contributed by atoms with Crippen LogP contribution in [0, 0.1) is 5.38 Å². The van der Waals surface area contributed by atoms with E-state index in [1.165, 1.54) is 27.9 Å². The molecular weight excluding hydrogens is 649 g/mol. The SMILES string of the molecule is [2H]c1ccc2s[c-]c(-c3nc4ccccc4n3-c3c(C(C)C)cc(-c4ccccc4)cc3C(C)C)c2c1.[Ir]. The van der Waals surface area contributed by atoms with E-state index < -0.39 is 0 Å². The summed E-state index contributed by atoms with van der Waals surface area (Å²) in [6, 6.07) is 30.0. The third kappa shape index (κ3) is 4.48. The number of para-hydroxylation sites is 2. The first kappa shape index (κ1) is 24.3. The summed E-state index contributed by atoms with van der Waals surface area (Å²) in [6.07, 6.45) is 0. The fourth-order valence-electron chi connectivity index (χ4n) is 5.06. The standard InChI is InChI=1S/C33H29N2S.Ir/c1-21(2)26-18-24(23-12-6-5-7-13-23)19-27(22(3)4)32(26)35-30-16-10-9-15-29(30)34-33(35)28-20-36-31-17-11-8-14-25(28)31;/h5-19,21-22H,1-4H3;/q-1;/i8D;. The molecule has 0 saturated heterocycles. The molecule has 0 atom stereocenters. The molecule has 6 rings (SSSR count). The summed E-state index contributed by atoms with van der Waals surface area (Å²) in [4.78, 5) is 5.17. The van der Waals surface area contributed by atoms with E-state index >= 15 is 0 Å². The van der Waals surface area contributed by atoms with Crippen LogP contribution in [0.15, 0.2) is 91.0 Å². The maximum atomic E-state index is 8.25. The summed E-state index contributed by atoms with van der Waals surface area (Å²) in [6.45, 7) is 9.09. The van der Waals surface area contributed by atoms with Crippen molar-refractivity contribution in [2.75, 3.05) is 0 Å². The zero-order chi connectivity index (χ0) is 25.7. The molecule has 0 aliphatic rings. The van der Waals surface area contributed by atoms with E-state index in [1.807, 2.05) is 24.3 Å². The van der Waals surface area contributed by atoms with E-state index in [0.717, 1.165) is 32.5 Å². The van der Waals surface area contributed by atoms with Gasteiger partial charge in [0.1, 0.15) is 0 Å². The van der Waals surface area contributed by atoms with E-state index in [9.17, 15) is 0 Å². The smallest absolute Gasteiger partial charge is 0.0774 e. The molecule has 2 nitrogen and oxygen atoms in total. The fraction of sp³-hybridized carbons (Fsp3) is 0.182. The van der Waals surface area contributed by atoms with Crippen LogP contribution < -0.4 is 0 Å². The van der Waals surface area contributed by atoms with Crippen molar-refractivity contribution in [2.45, 2.75) is 39.5 Å². The number of benzene rings is 4. The maximum Gasteiger partial charge on any atom is 0.0774 e. The van der Waals surface area contributed by atoms with E-state index in [-0.39, 0.29) is 20.1 Å². The molecule has 0 bridgehead atoms. The van der Waals surface area contributed by atoms with Crippen LogP contribution in [-0.4, -0.2) is 9.55 Å². The second-order valence-electron chi connectivity index (χ2n) is 9.94. The van der Waals surface area contributed by atoms with Crippen LogP contribution in [-0.2, 0) is 20.1 Å². The maximum absolute atomic E-state index is 8.25. The molecule has 2 heterocycles. The Labute approximate surface area is 237 Å². The van der Waals surface area contributed by atoms with Gasteiger partial charge in [-0.05, 0) is 58.4 Å². The minimum atomic E-state index is 0. The van der Waals surface area contributed by atoms with Gasteiger partial charge in [-0.25, -0.2) is 0 Å². The topological polar surface area (TPSA) is 17.8 Å². The van der Waals surface area contributed by atoms with Gasteiger partial charge in [0.25, 0.3) is 0 Å². The zero-order valence-corrected chi connectivity index (χ0v) is 24.6. The number of aromatic nitrogens is 2. The number of nitrogens with zero attached hydrogens (tertiary/aromatic N) is 2. The van der Waals surface area contributed by atoms with Crippen LogP contribution in [0.25, 0.3) is 49.3 Å². The second kappa shape index (κ2) is 10.4. The molecule has 1 radical (unpaired) electrons. The van der Waals surface area contributed by atoms with Gasteiger partial charge in [-0.3, -0.25) is 16.3 Å². The Morgan fingerprint density at radius 3 is 2.19 bits per heavy atom. The van der Waals surface area contributed by atoms with Gasteiger partial charge in [0.05, 0.1) is 18.2 Å². The second-order valence-corrected chi connectivity index (χ2v) is 10.8. The van der Waals surface area contributed by atoms with E-state index in [0.29, 0.717) is 17.9 Å². The Bertz CT molecular complexity index is 1720. The number of imidazole rings is 1. The van der Waals surface area contributed by atoms with Crippen molar-refractivity contribution in [3.05, 3.63) is 107 Å². The Morgan fingerprint density at radius 2 is 1.49 bits per heavy atom. The first-order chi connectivity index (χ1) is 17.9. The molecule has 4 heteroatoms. The molecule has 0 fully saturated rings. The van der Waals surface area contributed by atoms with Gasteiger partial charge in [-0.15, -0.1) is 11.5 Å². The van der Waals surface area contributed by atoms with E-state index in [2.05, 4.69) is 98.3 Å². The number of hydrogen-bond acceptors (Lipinski definition) is 2. The molecule has 2 aromatic heterocycles. The summed E-state index contributed by atoms with van der Waals surface area (Å²) in [5, 5.41) is 4.57. The first-order valence-electron chi connectivity index (χ1n) is 13.0. The van der Waals surface area contributed by atoms with Crippen LogP contribution in [0.5, 0.6) is 0 Å². The van der Waals surface area contributed by atoms with Crippen molar-refractivity contribution in [3.8, 4) is 28.2 Å². The normalized spacial score (nSPS) is 11.9. The number of fused-ring (bicyclic) bond motifs is 2. The number of hydrogen-bond donors (Lipinski definition) is 0. The third-order valence-corrected chi connectivity index (χ3v) is 7.77. The Balaban J connectivity index is 0.00000294. The van der Waals surface area contributed by atoms with E-state index in [1.54, 1.807) is 11.3 Å². The molecular formula is C33H29IrN2S-. The quantitative estimate of drug-likeness (QED) is 0.166. The Kier molecular flexibility index (Phi) is 6.82. The van der Waals surface area contributed by atoms with Gasteiger partial charge in [0.2, 0.25) is 0 Å². The largest absolute Gasteiger partial charge is 0.333 e. The molecule has 4 aromatic carbocycles. The molecule has 0 unspecified atom stereocenters. The van der Waals surface area contributed by atoms with Gasteiger partial charge >= 0.3 is 0 Å². The van der Waals surface area contributed by atoms with Gasteiger partial charge in [0.15, 0.2) is 0 Å². The molecule has 0 N–H and O–H groups in total. The molecule has 0 amide bonds. The van der Waals surface area contributed by atoms with Crippen molar-refractivity contribution < 1.29 is 21.5 Å². The molecule has 0 saturated carbocycles. The molecule has 0 aliphatic heterocycles. The van der Waals surface area contributed by atoms with Gasteiger partial charge in [0, 0.05) is 25.8 Å². The summed E-state index contributed by atoms with van der Waals surface area (Å²) in [5.41, 5.74) is 9.30. The summed E-state index contributed by atoms with van der Waals surface area (Å²) >= 11 is 1.59. The predicted molar refractivity (Wildman–Crippen MR) is 154 cm³/mol. The van der Waals surface area contributed by atoms with Crippen molar-refractivity contribution in [1.29, 1.82) is 0 Å². The van der Waals surface area contributed by atoms with Crippen LogP contribution in [0.4, 0.5) is 0 Å². The molecule has 0 spiro atoms. The average Bonchev–Trinajstić information content (AvgIpc) is 3.49. The minimum absolute atomic E-state index is 0. The van der Waals surface area contributed by atoms with Crippen LogP contribution >= 0.6 is 11.3 Å². The van der Waals surface area contributed by atoms with Gasteiger partial charge < -0.3 is 4.57 Å². The summed E-state index contributed by atoms with van der Waals surface area (Å²) < 4.78 is 11.7. The average molecular weight is 679 g/mol. The van der Waals surface area contributed by atoms with Gasteiger partial charge in [-0.2, -0.15) is 0 Å². The van der Waals surface area contributed by atoms with Crippen molar-refractivity contribution in [1.82, 2.24) is 9.55 Å². The van der Waals surface area contributed by atoms with Crippen LogP contribution in [0.3, 0.4) is 0 Å². The summed E-state index contributed by atoms with van der Waals surface area (Å²) in [5.74, 6) is 1.51. The molecule has 6 aromatic rings.